The zero-order valence-electron chi connectivity index (χ0n) is 11.2. The number of hydrogen-bond donors (Lipinski definition) is 3. The molecule has 2 rings (SSSR count). The molecular formula is C14H17F2N3O. The van der Waals surface area contributed by atoms with Crippen LogP contribution in [0.5, 0.6) is 0 Å². The molecule has 20 heavy (non-hydrogen) atoms. The topological polar surface area (TPSA) is 60.9 Å². The Morgan fingerprint density at radius 2 is 2.05 bits per heavy atom. The van der Waals surface area contributed by atoms with Crippen LogP contribution in [0.4, 0.5) is 8.78 Å². The Morgan fingerprint density at radius 1 is 1.35 bits per heavy atom. The summed E-state index contributed by atoms with van der Waals surface area (Å²) < 4.78 is 27.5. The highest BCUT2D eigenvalue weighted by atomic mass is 19.1. The second-order valence-electron chi connectivity index (χ2n) is 4.66. The summed E-state index contributed by atoms with van der Waals surface area (Å²) in [4.78, 5) is 0. The number of aromatic nitrogens is 2. The van der Waals surface area contributed by atoms with E-state index >= 15 is 0 Å². The number of halogens is 2. The van der Waals surface area contributed by atoms with Gasteiger partial charge < -0.3 is 10.4 Å². The van der Waals surface area contributed by atoms with Gasteiger partial charge >= 0.3 is 0 Å². The fourth-order valence-corrected chi connectivity index (χ4v) is 1.98. The van der Waals surface area contributed by atoms with Crippen molar-refractivity contribution < 1.29 is 13.9 Å². The summed E-state index contributed by atoms with van der Waals surface area (Å²) in [6.45, 7) is 2.44. The summed E-state index contributed by atoms with van der Waals surface area (Å²) in [6, 6.07) is 3.86. The van der Waals surface area contributed by atoms with E-state index in [0.29, 0.717) is 24.2 Å². The fraction of sp³-hybridized carbons (Fsp3) is 0.357. The van der Waals surface area contributed by atoms with E-state index in [-0.39, 0.29) is 18.2 Å². The van der Waals surface area contributed by atoms with Gasteiger partial charge in [0.05, 0.1) is 17.5 Å². The summed E-state index contributed by atoms with van der Waals surface area (Å²) in [5, 5.41) is 18.5. The Morgan fingerprint density at radius 3 is 2.70 bits per heavy atom. The third kappa shape index (κ3) is 3.20. The number of aliphatic hydroxyl groups excluding tert-OH is 1. The second-order valence-corrected chi connectivity index (χ2v) is 4.66. The van der Waals surface area contributed by atoms with Gasteiger partial charge in [0.25, 0.3) is 0 Å². The van der Waals surface area contributed by atoms with Crippen LogP contribution in [0.2, 0.25) is 0 Å². The summed E-state index contributed by atoms with van der Waals surface area (Å²) >= 11 is 0. The zero-order valence-corrected chi connectivity index (χ0v) is 11.2. The lowest BCUT2D eigenvalue weighted by Gasteiger charge is -2.12. The average Bonchev–Trinajstić information content (AvgIpc) is 2.85. The molecule has 0 aliphatic heterocycles. The third-order valence-corrected chi connectivity index (χ3v) is 3.13. The molecule has 0 aliphatic rings. The molecule has 0 saturated heterocycles. The van der Waals surface area contributed by atoms with E-state index in [1.165, 1.54) is 18.2 Å². The molecule has 0 saturated carbocycles. The van der Waals surface area contributed by atoms with Crippen molar-refractivity contribution in [1.29, 1.82) is 0 Å². The number of rotatable bonds is 6. The van der Waals surface area contributed by atoms with Crippen molar-refractivity contribution >= 4 is 0 Å². The lowest BCUT2D eigenvalue weighted by Crippen LogP contribution is -2.26. The molecule has 0 amide bonds. The van der Waals surface area contributed by atoms with Gasteiger partial charge in [-0.3, -0.25) is 5.10 Å². The third-order valence-electron chi connectivity index (χ3n) is 3.13. The lowest BCUT2D eigenvalue weighted by molar-refractivity contribution is 0.268. The number of hydrogen-bond acceptors (Lipinski definition) is 3. The van der Waals surface area contributed by atoms with Crippen LogP contribution in [-0.4, -0.2) is 28.0 Å². The number of benzene rings is 1. The van der Waals surface area contributed by atoms with E-state index in [2.05, 4.69) is 15.5 Å². The summed E-state index contributed by atoms with van der Waals surface area (Å²) in [5.74, 6) is -1.25. The summed E-state index contributed by atoms with van der Waals surface area (Å²) in [7, 11) is 0. The van der Waals surface area contributed by atoms with Crippen LogP contribution in [0.15, 0.2) is 24.4 Å². The highest BCUT2D eigenvalue weighted by Gasteiger charge is 2.16. The van der Waals surface area contributed by atoms with Crippen molar-refractivity contribution in [2.45, 2.75) is 25.9 Å². The van der Waals surface area contributed by atoms with Gasteiger partial charge in [0, 0.05) is 24.8 Å². The van der Waals surface area contributed by atoms with Gasteiger partial charge in [-0.25, -0.2) is 8.78 Å². The molecule has 1 aromatic heterocycles. The number of aliphatic hydroxyl groups is 1. The normalized spacial score (nSPS) is 12.6. The van der Waals surface area contributed by atoms with E-state index < -0.39 is 11.6 Å². The lowest BCUT2D eigenvalue weighted by atomic mass is 10.1. The quantitative estimate of drug-likeness (QED) is 0.761. The highest BCUT2D eigenvalue weighted by Crippen LogP contribution is 2.26. The molecule has 6 heteroatoms. The molecule has 108 valence electrons. The van der Waals surface area contributed by atoms with Crippen molar-refractivity contribution in [2.75, 3.05) is 6.61 Å². The van der Waals surface area contributed by atoms with Crippen molar-refractivity contribution in [2.24, 2.45) is 0 Å². The molecule has 0 fully saturated rings. The maximum absolute atomic E-state index is 13.8. The van der Waals surface area contributed by atoms with E-state index in [1.807, 2.05) is 6.92 Å². The molecule has 0 radical (unpaired) electrons. The SMILES string of the molecule is CC(CCO)NCc1cn[nH]c1-c1c(F)cccc1F. The Balaban J connectivity index is 2.20. The molecule has 3 N–H and O–H groups in total. The first-order valence-corrected chi connectivity index (χ1v) is 6.44. The maximum Gasteiger partial charge on any atom is 0.135 e. The van der Waals surface area contributed by atoms with Gasteiger partial charge in [-0.05, 0) is 25.5 Å². The molecule has 1 unspecified atom stereocenters. The Kier molecular flexibility index (Phi) is 4.81. The molecule has 4 nitrogen and oxygen atoms in total. The molecule has 1 atom stereocenters. The van der Waals surface area contributed by atoms with Crippen LogP contribution in [0.25, 0.3) is 11.3 Å². The molecule has 1 aromatic carbocycles. The predicted molar refractivity (Wildman–Crippen MR) is 71.9 cm³/mol. The number of aromatic amines is 1. The van der Waals surface area contributed by atoms with E-state index in [1.54, 1.807) is 6.20 Å². The maximum atomic E-state index is 13.8. The predicted octanol–water partition coefficient (Wildman–Crippen LogP) is 2.22. The minimum atomic E-state index is -0.626. The van der Waals surface area contributed by atoms with Crippen molar-refractivity contribution in [3.05, 3.63) is 41.6 Å². The summed E-state index contributed by atoms with van der Waals surface area (Å²) in [5.41, 5.74) is 0.916. The van der Waals surface area contributed by atoms with Gasteiger partial charge in [0.15, 0.2) is 0 Å². The van der Waals surface area contributed by atoms with Crippen molar-refractivity contribution in [3.63, 3.8) is 0 Å². The minimum absolute atomic E-state index is 0.0916. The van der Waals surface area contributed by atoms with Crippen molar-refractivity contribution in [3.8, 4) is 11.3 Å². The van der Waals surface area contributed by atoms with Crippen molar-refractivity contribution in [1.82, 2.24) is 15.5 Å². The molecule has 0 aliphatic carbocycles. The van der Waals surface area contributed by atoms with Crippen LogP contribution in [-0.2, 0) is 6.54 Å². The second kappa shape index (κ2) is 6.58. The van der Waals surface area contributed by atoms with Crippen LogP contribution < -0.4 is 5.32 Å². The zero-order chi connectivity index (χ0) is 14.5. The smallest absolute Gasteiger partial charge is 0.135 e. The minimum Gasteiger partial charge on any atom is -0.396 e. The van der Waals surface area contributed by atoms with E-state index in [4.69, 9.17) is 5.11 Å². The first-order valence-electron chi connectivity index (χ1n) is 6.44. The number of nitrogens with one attached hydrogen (secondary N) is 2. The van der Waals surface area contributed by atoms with Crippen LogP contribution in [0.3, 0.4) is 0 Å². The first-order chi connectivity index (χ1) is 9.63. The molecule has 1 heterocycles. The van der Waals surface area contributed by atoms with Gasteiger partial charge in [-0.2, -0.15) is 5.10 Å². The summed E-state index contributed by atoms with van der Waals surface area (Å²) in [6.07, 6.45) is 2.15. The Hall–Kier alpha value is -1.79. The standard InChI is InChI=1S/C14H17F2N3O/c1-9(5-6-20)17-7-10-8-18-19-14(10)13-11(15)3-2-4-12(13)16/h2-4,8-9,17,20H,5-7H2,1H3,(H,18,19). The molecule has 2 aromatic rings. The molecule has 0 bridgehead atoms. The number of nitrogens with zero attached hydrogens (tertiary/aromatic N) is 1. The Bertz CT molecular complexity index is 551. The van der Waals surface area contributed by atoms with Gasteiger partial charge in [-0.1, -0.05) is 6.07 Å². The highest BCUT2D eigenvalue weighted by molar-refractivity contribution is 5.64. The van der Waals surface area contributed by atoms with Gasteiger partial charge in [0.1, 0.15) is 11.6 Å². The Labute approximate surface area is 115 Å². The fourth-order valence-electron chi connectivity index (χ4n) is 1.98. The number of H-pyrrole nitrogens is 1. The van der Waals surface area contributed by atoms with Gasteiger partial charge in [0.2, 0.25) is 0 Å². The van der Waals surface area contributed by atoms with Crippen LogP contribution in [0.1, 0.15) is 18.9 Å². The average molecular weight is 281 g/mol. The molecule has 0 spiro atoms. The monoisotopic (exact) mass is 281 g/mol. The van der Waals surface area contributed by atoms with E-state index in [9.17, 15) is 8.78 Å². The van der Waals surface area contributed by atoms with Gasteiger partial charge in [-0.15, -0.1) is 0 Å². The largest absolute Gasteiger partial charge is 0.396 e. The van der Waals surface area contributed by atoms with E-state index in [0.717, 1.165) is 0 Å². The molecular weight excluding hydrogens is 264 g/mol. The van der Waals surface area contributed by atoms with Crippen LogP contribution >= 0.6 is 0 Å². The first kappa shape index (κ1) is 14.6. The van der Waals surface area contributed by atoms with Crippen LogP contribution in [0, 0.1) is 11.6 Å².